The molecule has 10 aromatic rings. The second kappa shape index (κ2) is 15.4. The molecule has 2 nitrogen and oxygen atoms in total. The molecule has 2 unspecified atom stereocenters. The van der Waals surface area contributed by atoms with Crippen molar-refractivity contribution in [3.63, 3.8) is 0 Å². The Kier molecular flexibility index (Phi) is 9.47. The summed E-state index contributed by atoms with van der Waals surface area (Å²) in [7, 11) is 0. The van der Waals surface area contributed by atoms with Gasteiger partial charge in [0.2, 0.25) is 0 Å². The molecule has 2 heteroatoms. The first kappa shape index (κ1) is 41.7. The summed E-state index contributed by atoms with van der Waals surface area (Å²) in [4.78, 5) is 4.98. The Morgan fingerprint density at radius 3 is 0.853 bits per heavy atom. The summed E-state index contributed by atoms with van der Waals surface area (Å²) in [5.74, 6) is 0. The minimum atomic E-state index is -0.632. The van der Waals surface area contributed by atoms with Gasteiger partial charge in [0.15, 0.2) is 0 Å². The fourth-order valence-electron chi connectivity index (χ4n) is 13.3. The van der Waals surface area contributed by atoms with Crippen molar-refractivity contribution in [1.29, 1.82) is 0 Å². The zero-order chi connectivity index (χ0) is 46.4. The van der Waals surface area contributed by atoms with E-state index in [1.165, 1.54) is 77.4 Å². The summed E-state index contributed by atoms with van der Waals surface area (Å²) in [6.07, 6.45) is 0. The number of anilines is 6. The molecular weight excluding hydrogens is 821 g/mol. The number of para-hydroxylation sites is 4. The van der Waals surface area contributed by atoms with Gasteiger partial charge in [-0.2, -0.15) is 0 Å². The lowest BCUT2D eigenvalue weighted by Gasteiger charge is -2.62. The van der Waals surface area contributed by atoms with Crippen molar-refractivity contribution in [3.8, 4) is 22.3 Å². The van der Waals surface area contributed by atoms with Crippen LogP contribution in [0.15, 0.2) is 231 Å². The van der Waals surface area contributed by atoms with Crippen molar-refractivity contribution in [3.05, 3.63) is 253 Å². The summed E-state index contributed by atoms with van der Waals surface area (Å²) < 4.78 is 0. The average molecular weight is 877 g/mol. The molecule has 0 heterocycles. The van der Waals surface area contributed by atoms with E-state index in [9.17, 15) is 0 Å². The quantitative estimate of drug-likeness (QED) is 0.157. The highest BCUT2D eigenvalue weighted by molar-refractivity contribution is 6.13. The number of hydrogen-bond acceptors (Lipinski definition) is 2. The predicted molar refractivity (Wildman–Crippen MR) is 289 cm³/mol. The summed E-state index contributed by atoms with van der Waals surface area (Å²) in [5.41, 5.74) is 15.7. The van der Waals surface area contributed by atoms with Crippen molar-refractivity contribution < 1.29 is 0 Å². The zero-order valence-electron chi connectivity index (χ0n) is 39.8. The number of rotatable bonds is 7. The van der Waals surface area contributed by atoms with E-state index in [2.05, 4.69) is 282 Å². The molecule has 0 spiro atoms. The van der Waals surface area contributed by atoms with Gasteiger partial charge in [-0.05, 0) is 127 Å². The minimum Gasteiger partial charge on any atom is -0.310 e. The highest BCUT2D eigenvalue weighted by Crippen LogP contribution is 2.76. The van der Waals surface area contributed by atoms with Gasteiger partial charge in [0, 0.05) is 44.4 Å². The van der Waals surface area contributed by atoms with Gasteiger partial charge >= 0.3 is 0 Å². The third-order valence-corrected chi connectivity index (χ3v) is 15.4. The normalized spacial score (nSPS) is 17.1. The Morgan fingerprint density at radius 1 is 0.279 bits per heavy atom. The van der Waals surface area contributed by atoms with Crippen molar-refractivity contribution in [1.82, 2.24) is 0 Å². The molecule has 0 bridgehead atoms. The van der Waals surface area contributed by atoms with Gasteiger partial charge in [-0.1, -0.05) is 211 Å². The van der Waals surface area contributed by atoms with E-state index in [0.717, 1.165) is 22.7 Å². The van der Waals surface area contributed by atoms with E-state index in [1.54, 1.807) is 0 Å². The Balaban J connectivity index is 1.30. The van der Waals surface area contributed by atoms with Crippen molar-refractivity contribution >= 4 is 55.7 Å². The molecule has 0 amide bonds. The molecule has 0 saturated heterocycles. The first-order chi connectivity index (χ1) is 33.1. The van der Waals surface area contributed by atoms with Gasteiger partial charge < -0.3 is 9.80 Å². The summed E-state index contributed by atoms with van der Waals surface area (Å²) in [6, 6.07) is 86.2. The Bertz CT molecular complexity index is 3210. The minimum absolute atomic E-state index is 0.356. The van der Waals surface area contributed by atoms with Crippen LogP contribution in [0.5, 0.6) is 0 Å². The van der Waals surface area contributed by atoms with E-state index in [4.69, 9.17) is 0 Å². The van der Waals surface area contributed by atoms with Crippen LogP contribution in [0.25, 0.3) is 43.8 Å². The molecule has 0 fully saturated rings. The van der Waals surface area contributed by atoms with Crippen LogP contribution in [0.1, 0.15) is 63.8 Å². The number of nitrogens with zero attached hydrogens (tertiary/aromatic N) is 2. The number of fused-ring (bicyclic) bond motifs is 10. The van der Waals surface area contributed by atoms with Gasteiger partial charge in [0.05, 0.1) is 11.4 Å². The topological polar surface area (TPSA) is 6.48 Å². The molecule has 2 aliphatic rings. The third kappa shape index (κ3) is 5.70. The van der Waals surface area contributed by atoms with Gasteiger partial charge in [0.1, 0.15) is 0 Å². The molecule has 12 rings (SSSR count). The molecule has 330 valence electrons. The fraction of sp³-hybridized carbons (Fsp3) is 0.152. The van der Waals surface area contributed by atoms with E-state index in [1.807, 2.05) is 0 Å². The molecule has 0 aromatic heterocycles. The summed E-state index contributed by atoms with van der Waals surface area (Å²) in [6.45, 7) is 15.1. The molecule has 0 saturated carbocycles. The average Bonchev–Trinajstić information content (AvgIpc) is 3.84. The first-order valence-corrected chi connectivity index (χ1v) is 24.2. The molecule has 2 aliphatic carbocycles. The first-order valence-electron chi connectivity index (χ1n) is 24.2. The lowest BCUT2D eigenvalue weighted by Crippen LogP contribution is -2.62. The highest BCUT2D eigenvalue weighted by Gasteiger charge is 2.71. The fourth-order valence-corrected chi connectivity index (χ4v) is 13.3. The maximum absolute atomic E-state index is 2.62. The van der Waals surface area contributed by atoms with Crippen LogP contribution < -0.4 is 9.80 Å². The maximum atomic E-state index is 2.62. The van der Waals surface area contributed by atoms with Crippen molar-refractivity contribution in [2.75, 3.05) is 9.80 Å². The standard InChI is InChI=1S/C66H56N2/c1-63(2,3)65(55-41-25-23-39-53(55)61-51-37-21-19-35-49(51)59(43-57(61)65)67(45-27-11-7-12-28-45)46-29-13-8-14-30-46)66(64(4,5)6)56-42-26-24-40-54(56)62-52-38-22-20-36-50(52)60(44-58(62)66)68(47-31-15-9-16-32-47)48-33-17-10-18-34-48/h7-44H,1-6H3. The monoisotopic (exact) mass is 876 g/mol. The van der Waals surface area contributed by atoms with E-state index in [-0.39, 0.29) is 10.8 Å². The number of benzene rings is 10. The van der Waals surface area contributed by atoms with Crippen LogP contribution in [-0.2, 0) is 10.8 Å². The zero-order valence-corrected chi connectivity index (χ0v) is 39.8. The second-order valence-corrected chi connectivity index (χ2v) is 20.8. The van der Waals surface area contributed by atoms with Crippen LogP contribution in [0.4, 0.5) is 34.1 Å². The smallest absolute Gasteiger partial charge is 0.0543 e. The molecule has 10 aromatic carbocycles. The van der Waals surface area contributed by atoms with Crippen LogP contribution in [0, 0.1) is 10.8 Å². The van der Waals surface area contributed by atoms with Crippen molar-refractivity contribution in [2.24, 2.45) is 10.8 Å². The van der Waals surface area contributed by atoms with Gasteiger partial charge in [-0.3, -0.25) is 0 Å². The van der Waals surface area contributed by atoms with Crippen LogP contribution in [0.2, 0.25) is 0 Å². The molecule has 0 radical (unpaired) electrons. The second-order valence-electron chi connectivity index (χ2n) is 20.8. The molecule has 68 heavy (non-hydrogen) atoms. The summed E-state index contributed by atoms with van der Waals surface area (Å²) >= 11 is 0. The Morgan fingerprint density at radius 2 is 0.544 bits per heavy atom. The van der Waals surface area contributed by atoms with Gasteiger partial charge in [-0.25, -0.2) is 0 Å². The number of hydrogen-bond donors (Lipinski definition) is 0. The van der Waals surface area contributed by atoms with E-state index in [0.29, 0.717) is 0 Å². The molecular formula is C66H56N2. The molecule has 2 atom stereocenters. The van der Waals surface area contributed by atoms with E-state index >= 15 is 0 Å². The third-order valence-electron chi connectivity index (χ3n) is 15.4. The highest BCUT2D eigenvalue weighted by atomic mass is 15.1. The van der Waals surface area contributed by atoms with Crippen molar-refractivity contribution in [2.45, 2.75) is 52.4 Å². The Hall–Kier alpha value is -7.68. The van der Waals surface area contributed by atoms with Crippen LogP contribution in [0.3, 0.4) is 0 Å². The van der Waals surface area contributed by atoms with Crippen LogP contribution in [-0.4, -0.2) is 0 Å². The van der Waals surface area contributed by atoms with Gasteiger partial charge in [0.25, 0.3) is 0 Å². The predicted octanol–water partition coefficient (Wildman–Crippen LogP) is 18.3. The Labute approximate surface area is 401 Å². The maximum Gasteiger partial charge on any atom is 0.0543 e. The largest absolute Gasteiger partial charge is 0.310 e. The van der Waals surface area contributed by atoms with E-state index < -0.39 is 10.8 Å². The lowest BCUT2D eigenvalue weighted by atomic mass is 9.39. The summed E-state index contributed by atoms with van der Waals surface area (Å²) in [5, 5.41) is 4.99. The molecule has 0 N–H and O–H groups in total. The lowest BCUT2D eigenvalue weighted by molar-refractivity contribution is 0.0595. The SMILES string of the molecule is CC(C)(C)C1(C2(C(C)(C)C)c3ccccc3-c3c2cc(N(c2ccccc2)c2ccccc2)c2ccccc32)c2ccccc2-c2c1cc(N(c1ccccc1)c1ccccc1)c1ccccc21. The van der Waals surface area contributed by atoms with Crippen LogP contribution >= 0.6 is 0 Å². The van der Waals surface area contributed by atoms with Gasteiger partial charge in [-0.15, -0.1) is 0 Å². The molecule has 0 aliphatic heterocycles.